The van der Waals surface area contributed by atoms with Crippen LogP contribution in [0.1, 0.15) is 52.4 Å². The molecule has 1 heterocycles. The van der Waals surface area contributed by atoms with E-state index in [1.54, 1.807) is 11.0 Å². The predicted octanol–water partition coefficient (Wildman–Crippen LogP) is 2.74. The number of hydrogen-bond acceptors (Lipinski definition) is 5. The van der Waals surface area contributed by atoms with Crippen molar-refractivity contribution < 1.29 is 13.2 Å². The van der Waals surface area contributed by atoms with Crippen LogP contribution in [0, 0.1) is 0 Å². The van der Waals surface area contributed by atoms with Gasteiger partial charge in [-0.3, -0.25) is 0 Å². The Hall–Kier alpha value is -1.74. The van der Waals surface area contributed by atoms with E-state index < -0.39 is 16.1 Å². The summed E-state index contributed by atoms with van der Waals surface area (Å²) in [5, 5.41) is 3.56. The van der Waals surface area contributed by atoms with Crippen LogP contribution < -0.4 is 0 Å². The highest BCUT2D eigenvalue weighted by Crippen LogP contribution is 2.10. The summed E-state index contributed by atoms with van der Waals surface area (Å²) in [6.45, 7) is 9.13. The van der Waals surface area contributed by atoms with Crippen LogP contribution in [0.3, 0.4) is 0 Å². The summed E-state index contributed by atoms with van der Waals surface area (Å²) < 4.78 is 27.1. The van der Waals surface area contributed by atoms with Crippen molar-refractivity contribution in [3.63, 3.8) is 0 Å². The number of carbonyl (C=O) groups excluding carboxylic acids is 1. The van der Waals surface area contributed by atoms with Gasteiger partial charge in [0.25, 0.3) is 15.2 Å². The molecule has 1 rings (SSSR count). The molecule has 0 N–H and O–H groups in total. The maximum Gasteiger partial charge on any atom is 0.346 e. The fraction of sp³-hybridized carbons (Fsp3) is 0.706. The molecule has 0 radical (unpaired) electrons. The normalized spacial score (nSPS) is 11.7. The molecule has 148 valence electrons. The van der Waals surface area contributed by atoms with Crippen molar-refractivity contribution >= 4 is 16.1 Å². The molecule has 0 fully saturated rings. The molecule has 0 saturated carbocycles. The van der Waals surface area contributed by atoms with Crippen molar-refractivity contribution in [1.29, 1.82) is 0 Å². The van der Waals surface area contributed by atoms with Crippen LogP contribution in [-0.4, -0.2) is 65.1 Å². The average molecular weight is 386 g/mol. The summed E-state index contributed by atoms with van der Waals surface area (Å²) in [6, 6.07) is -0.397. The molecule has 0 aliphatic rings. The van der Waals surface area contributed by atoms with Crippen molar-refractivity contribution in [1.82, 2.24) is 24.0 Å². The van der Waals surface area contributed by atoms with Gasteiger partial charge in [0, 0.05) is 26.7 Å². The number of carbonyl (C=O) groups is 1. The lowest BCUT2D eigenvalue weighted by Crippen LogP contribution is -2.36. The molecule has 8 nitrogen and oxygen atoms in total. The molecule has 9 heteroatoms. The lowest BCUT2D eigenvalue weighted by atomic mass is 10.2. The van der Waals surface area contributed by atoms with E-state index in [4.69, 9.17) is 0 Å². The maximum absolute atomic E-state index is 12.6. The van der Waals surface area contributed by atoms with Crippen LogP contribution in [0.15, 0.2) is 24.1 Å². The van der Waals surface area contributed by atoms with Gasteiger partial charge in [-0.2, -0.15) is 8.99 Å². The first kappa shape index (κ1) is 22.3. The average Bonchev–Trinajstić information content (AvgIpc) is 3.12. The first-order chi connectivity index (χ1) is 12.4. The van der Waals surface area contributed by atoms with Crippen molar-refractivity contribution in [2.75, 3.05) is 26.7 Å². The monoisotopic (exact) mass is 385 g/mol. The number of aromatic nitrogens is 3. The second-order valence-electron chi connectivity index (χ2n) is 6.23. The number of hydrogen-bond donors (Lipinski definition) is 0. The van der Waals surface area contributed by atoms with E-state index in [0.717, 1.165) is 49.5 Å². The number of sulfonamides is 1. The minimum Gasteiger partial charge on any atom is -0.319 e. The van der Waals surface area contributed by atoms with E-state index in [2.05, 4.69) is 23.6 Å². The fourth-order valence-corrected chi connectivity index (χ4v) is 3.41. The Morgan fingerprint density at radius 1 is 1.19 bits per heavy atom. The van der Waals surface area contributed by atoms with Gasteiger partial charge >= 0.3 is 6.03 Å². The number of nitrogens with zero attached hydrogens (tertiary/aromatic N) is 5. The Balaban J connectivity index is 2.85. The molecule has 0 aliphatic heterocycles. The molecule has 1 aromatic heterocycles. The second-order valence-corrected chi connectivity index (χ2v) is 8.17. The first-order valence-corrected chi connectivity index (χ1v) is 10.6. The van der Waals surface area contributed by atoms with Gasteiger partial charge in [0.05, 0.1) is 0 Å². The van der Waals surface area contributed by atoms with Gasteiger partial charge in [-0.25, -0.2) is 18.2 Å². The fourth-order valence-electron chi connectivity index (χ4n) is 2.39. The third-order valence-electron chi connectivity index (χ3n) is 4.04. The summed E-state index contributed by atoms with van der Waals surface area (Å²) >= 11 is 0. The van der Waals surface area contributed by atoms with E-state index in [0.29, 0.717) is 19.6 Å². The van der Waals surface area contributed by atoms with Gasteiger partial charge < -0.3 is 4.90 Å². The molecule has 1 aromatic rings. The highest BCUT2D eigenvalue weighted by atomic mass is 32.2. The Bertz CT molecular complexity index is 672. The molecule has 0 atom stereocenters. The van der Waals surface area contributed by atoms with Crippen LogP contribution >= 0.6 is 0 Å². The maximum atomic E-state index is 12.6. The minimum absolute atomic E-state index is 0.353. The Morgan fingerprint density at radius 2 is 1.88 bits per heavy atom. The molecule has 0 aliphatic carbocycles. The van der Waals surface area contributed by atoms with Crippen LogP contribution in [0.2, 0.25) is 0 Å². The standard InChI is InChI=1S/C17H31N5O3S/c1-5-8-10-11-14-21(12-7-3)17(23)22-15-18-16(19-22)26(24,25)20(4)13-9-6-2/h7,15H,3,5-6,8-14H2,1-2,4H3. The van der Waals surface area contributed by atoms with Crippen LogP contribution in [0.25, 0.3) is 0 Å². The van der Waals surface area contributed by atoms with E-state index in [1.807, 2.05) is 6.92 Å². The molecule has 0 spiro atoms. The van der Waals surface area contributed by atoms with E-state index in [9.17, 15) is 13.2 Å². The van der Waals surface area contributed by atoms with Crippen molar-refractivity contribution in [3.05, 3.63) is 19.0 Å². The number of rotatable bonds is 12. The van der Waals surface area contributed by atoms with E-state index in [-0.39, 0.29) is 5.16 Å². The molecular weight excluding hydrogens is 354 g/mol. The van der Waals surface area contributed by atoms with Gasteiger partial charge in [0.15, 0.2) is 0 Å². The summed E-state index contributed by atoms with van der Waals surface area (Å²) in [5.74, 6) is 0. The van der Waals surface area contributed by atoms with Crippen LogP contribution in [0.5, 0.6) is 0 Å². The van der Waals surface area contributed by atoms with Crippen molar-refractivity contribution in [2.24, 2.45) is 0 Å². The third-order valence-corrected chi connectivity index (χ3v) is 5.69. The molecule has 0 unspecified atom stereocenters. The molecule has 0 bridgehead atoms. The molecule has 1 amide bonds. The van der Waals surface area contributed by atoms with Crippen molar-refractivity contribution in [3.8, 4) is 0 Å². The van der Waals surface area contributed by atoms with Crippen molar-refractivity contribution in [2.45, 2.75) is 57.5 Å². The van der Waals surface area contributed by atoms with Gasteiger partial charge in [-0.1, -0.05) is 45.6 Å². The summed E-state index contributed by atoms with van der Waals surface area (Å²) in [7, 11) is -2.30. The topological polar surface area (TPSA) is 88.4 Å². The zero-order valence-electron chi connectivity index (χ0n) is 16.1. The summed E-state index contributed by atoms with van der Waals surface area (Å²) in [4.78, 5) is 18.0. The van der Waals surface area contributed by atoms with Gasteiger partial charge in [0.1, 0.15) is 6.33 Å². The van der Waals surface area contributed by atoms with E-state index in [1.165, 1.54) is 11.4 Å². The quantitative estimate of drug-likeness (QED) is 0.408. The summed E-state index contributed by atoms with van der Waals surface area (Å²) in [5.41, 5.74) is 0. The Labute approximate surface area is 156 Å². The zero-order valence-corrected chi connectivity index (χ0v) is 16.9. The smallest absolute Gasteiger partial charge is 0.319 e. The summed E-state index contributed by atoms with van der Waals surface area (Å²) in [6.07, 6.45) is 8.59. The second kappa shape index (κ2) is 11.1. The molecule has 26 heavy (non-hydrogen) atoms. The lowest BCUT2D eigenvalue weighted by Gasteiger charge is -2.20. The zero-order chi connectivity index (χ0) is 19.6. The number of amides is 1. The van der Waals surface area contributed by atoms with E-state index >= 15 is 0 Å². The van der Waals surface area contributed by atoms with Gasteiger partial charge in [0.2, 0.25) is 0 Å². The van der Waals surface area contributed by atoms with Crippen LogP contribution in [-0.2, 0) is 10.0 Å². The largest absolute Gasteiger partial charge is 0.346 e. The first-order valence-electron chi connectivity index (χ1n) is 9.16. The lowest BCUT2D eigenvalue weighted by molar-refractivity contribution is 0.200. The molecule has 0 aromatic carbocycles. The molecule has 0 saturated heterocycles. The highest BCUT2D eigenvalue weighted by molar-refractivity contribution is 7.88. The SMILES string of the molecule is C=CCN(CCCCCC)C(=O)n1cnc(S(=O)(=O)N(C)CCCC)n1. The highest BCUT2D eigenvalue weighted by Gasteiger charge is 2.26. The number of unbranched alkanes of at least 4 members (excludes halogenated alkanes) is 4. The predicted molar refractivity (Wildman–Crippen MR) is 101 cm³/mol. The van der Waals surface area contributed by atoms with Gasteiger partial charge in [-0.05, 0) is 12.8 Å². The molecular formula is C17H31N5O3S. The Kier molecular flexibility index (Phi) is 9.50. The third kappa shape index (κ3) is 6.21. The van der Waals surface area contributed by atoms with Crippen LogP contribution in [0.4, 0.5) is 4.79 Å². The minimum atomic E-state index is -3.79. The Morgan fingerprint density at radius 3 is 2.50 bits per heavy atom. The van der Waals surface area contributed by atoms with Gasteiger partial charge in [-0.15, -0.1) is 11.7 Å².